The Kier molecular flexibility index (Phi) is 3.77. The van der Waals surface area contributed by atoms with Gasteiger partial charge in [0.25, 0.3) is 0 Å². The van der Waals surface area contributed by atoms with Gasteiger partial charge in [0.1, 0.15) is 0 Å². The molecular formula is C12H19NO4S. The number of hydrogen-bond acceptors (Lipinski definition) is 3. The number of carboxylic acids is 1. The summed E-state index contributed by atoms with van der Waals surface area (Å²) in [7, 11) is -3.25. The van der Waals surface area contributed by atoms with Gasteiger partial charge in [-0.25, -0.2) is 8.42 Å². The van der Waals surface area contributed by atoms with Crippen LogP contribution in [0.25, 0.3) is 0 Å². The van der Waals surface area contributed by atoms with E-state index >= 15 is 0 Å². The summed E-state index contributed by atoms with van der Waals surface area (Å²) in [5.41, 5.74) is 0. The second kappa shape index (κ2) is 5.01. The van der Waals surface area contributed by atoms with Crippen molar-refractivity contribution < 1.29 is 18.3 Å². The van der Waals surface area contributed by atoms with E-state index in [1.807, 2.05) is 0 Å². The molecule has 0 spiro atoms. The molecule has 5 nitrogen and oxygen atoms in total. The number of rotatable bonds is 5. The van der Waals surface area contributed by atoms with Crippen LogP contribution in [-0.4, -0.2) is 41.6 Å². The van der Waals surface area contributed by atoms with Gasteiger partial charge in [-0.05, 0) is 31.6 Å². The third-order valence-corrected chi connectivity index (χ3v) is 5.77. The van der Waals surface area contributed by atoms with E-state index in [1.54, 1.807) is 4.31 Å². The van der Waals surface area contributed by atoms with Crippen LogP contribution in [0.1, 0.15) is 32.1 Å². The molecular weight excluding hydrogens is 254 g/mol. The molecule has 2 aliphatic rings. The summed E-state index contributed by atoms with van der Waals surface area (Å²) in [6.45, 7) is 3.48. The molecule has 0 aromatic carbocycles. The fourth-order valence-electron chi connectivity index (χ4n) is 3.35. The van der Waals surface area contributed by atoms with Crippen LogP contribution in [0.5, 0.6) is 0 Å². The van der Waals surface area contributed by atoms with Gasteiger partial charge in [0.2, 0.25) is 10.0 Å². The van der Waals surface area contributed by atoms with Crippen LogP contribution in [0.15, 0.2) is 12.7 Å². The minimum atomic E-state index is -3.25. The Hall–Kier alpha value is -0.880. The van der Waals surface area contributed by atoms with Crippen LogP contribution < -0.4 is 0 Å². The summed E-state index contributed by atoms with van der Waals surface area (Å²) < 4.78 is 25.8. The second-order valence-electron chi connectivity index (χ2n) is 5.22. The van der Waals surface area contributed by atoms with E-state index in [1.165, 1.54) is 6.08 Å². The van der Waals surface area contributed by atoms with E-state index in [9.17, 15) is 13.2 Å². The Morgan fingerprint density at radius 2 is 1.89 bits per heavy atom. The number of fused-ring (bicyclic) bond motifs is 2. The number of aliphatic carboxylic acids is 1. The molecule has 0 amide bonds. The van der Waals surface area contributed by atoms with E-state index in [-0.39, 0.29) is 30.2 Å². The molecule has 2 saturated heterocycles. The fourth-order valence-corrected chi connectivity index (χ4v) is 5.11. The van der Waals surface area contributed by atoms with Gasteiger partial charge in [-0.1, -0.05) is 6.08 Å². The Morgan fingerprint density at radius 1 is 1.33 bits per heavy atom. The molecule has 1 N–H and O–H groups in total. The number of piperidine rings is 1. The monoisotopic (exact) mass is 273 g/mol. The van der Waals surface area contributed by atoms with Crippen molar-refractivity contribution >= 4 is 16.0 Å². The zero-order valence-corrected chi connectivity index (χ0v) is 11.1. The normalized spacial score (nSPS) is 32.3. The van der Waals surface area contributed by atoms with Crippen molar-refractivity contribution in [1.29, 1.82) is 0 Å². The molecule has 102 valence electrons. The molecule has 2 heterocycles. The maximum Gasteiger partial charge on any atom is 0.303 e. The van der Waals surface area contributed by atoms with Crippen LogP contribution in [-0.2, 0) is 14.8 Å². The van der Waals surface area contributed by atoms with Crippen LogP contribution >= 0.6 is 0 Å². The van der Waals surface area contributed by atoms with Gasteiger partial charge in [-0.3, -0.25) is 4.79 Å². The number of carboxylic acid groups (broad SMARTS) is 1. The van der Waals surface area contributed by atoms with Gasteiger partial charge in [0.15, 0.2) is 0 Å². The summed E-state index contributed by atoms with van der Waals surface area (Å²) in [5, 5.41) is 8.82. The van der Waals surface area contributed by atoms with Crippen molar-refractivity contribution in [3.8, 4) is 0 Å². The van der Waals surface area contributed by atoms with E-state index < -0.39 is 16.0 Å². The molecule has 2 aliphatic heterocycles. The van der Waals surface area contributed by atoms with Gasteiger partial charge < -0.3 is 5.11 Å². The number of nitrogens with zero attached hydrogens (tertiary/aromatic N) is 1. The van der Waals surface area contributed by atoms with Crippen LogP contribution in [0.2, 0.25) is 0 Å². The summed E-state index contributed by atoms with van der Waals surface area (Å²) in [5.74, 6) is -0.694. The highest BCUT2D eigenvalue weighted by molar-refractivity contribution is 7.89. The Morgan fingerprint density at radius 3 is 2.33 bits per heavy atom. The smallest absolute Gasteiger partial charge is 0.303 e. The van der Waals surface area contributed by atoms with Gasteiger partial charge in [-0.2, -0.15) is 4.31 Å². The molecule has 0 aromatic rings. The molecule has 0 aromatic heterocycles. The van der Waals surface area contributed by atoms with Gasteiger partial charge in [0, 0.05) is 18.5 Å². The quantitative estimate of drug-likeness (QED) is 0.764. The lowest BCUT2D eigenvalue weighted by Gasteiger charge is -2.37. The topological polar surface area (TPSA) is 74.7 Å². The molecule has 2 rings (SSSR count). The SMILES string of the molecule is C=CCS(=O)(=O)N1C2CCC1CC(CC(=O)O)C2. The largest absolute Gasteiger partial charge is 0.481 e. The highest BCUT2D eigenvalue weighted by Gasteiger charge is 2.46. The molecule has 0 aliphatic carbocycles. The Balaban J connectivity index is 2.11. The van der Waals surface area contributed by atoms with Crippen LogP contribution in [0, 0.1) is 5.92 Å². The van der Waals surface area contributed by atoms with E-state index in [0.717, 1.165) is 12.8 Å². The van der Waals surface area contributed by atoms with E-state index in [0.29, 0.717) is 12.8 Å². The molecule has 2 atom stereocenters. The van der Waals surface area contributed by atoms with Crippen molar-refractivity contribution in [2.45, 2.75) is 44.2 Å². The summed E-state index contributed by atoms with van der Waals surface area (Å²) >= 11 is 0. The average molecular weight is 273 g/mol. The van der Waals surface area contributed by atoms with Crippen molar-refractivity contribution in [3.05, 3.63) is 12.7 Å². The average Bonchev–Trinajstić information content (AvgIpc) is 2.51. The van der Waals surface area contributed by atoms with Crippen LogP contribution in [0.4, 0.5) is 0 Å². The Bertz CT molecular complexity index is 431. The molecule has 2 bridgehead atoms. The number of carbonyl (C=O) groups is 1. The maximum atomic E-state index is 12.1. The highest BCUT2D eigenvalue weighted by atomic mass is 32.2. The first-order chi connectivity index (χ1) is 8.44. The molecule has 0 radical (unpaired) electrons. The molecule has 2 fully saturated rings. The zero-order valence-electron chi connectivity index (χ0n) is 10.3. The predicted octanol–water partition coefficient (Wildman–Crippen LogP) is 1.22. The third-order valence-electron chi connectivity index (χ3n) is 3.88. The lowest BCUT2D eigenvalue weighted by Crippen LogP contribution is -2.47. The molecule has 0 saturated carbocycles. The van der Waals surface area contributed by atoms with Crippen molar-refractivity contribution in [2.75, 3.05) is 5.75 Å². The molecule has 6 heteroatoms. The van der Waals surface area contributed by atoms with Crippen LogP contribution in [0.3, 0.4) is 0 Å². The standard InChI is InChI=1S/C12H19NO4S/c1-2-5-18(16,17)13-10-3-4-11(13)7-9(6-10)8-12(14)15/h2,9-11H,1,3-8H2,(H,14,15). The number of sulfonamides is 1. The lowest BCUT2D eigenvalue weighted by atomic mass is 9.90. The third kappa shape index (κ3) is 2.59. The first kappa shape index (κ1) is 13.5. The number of hydrogen-bond donors (Lipinski definition) is 1. The van der Waals surface area contributed by atoms with Gasteiger partial charge >= 0.3 is 5.97 Å². The molecule has 18 heavy (non-hydrogen) atoms. The molecule has 2 unspecified atom stereocenters. The summed E-state index contributed by atoms with van der Waals surface area (Å²) in [6.07, 6.45) is 4.65. The summed E-state index contributed by atoms with van der Waals surface area (Å²) in [6, 6.07) is -0.00361. The highest BCUT2D eigenvalue weighted by Crippen LogP contribution is 2.41. The lowest BCUT2D eigenvalue weighted by molar-refractivity contribution is -0.138. The fraction of sp³-hybridized carbons (Fsp3) is 0.750. The first-order valence-corrected chi connectivity index (χ1v) is 7.89. The van der Waals surface area contributed by atoms with E-state index in [4.69, 9.17) is 5.11 Å². The van der Waals surface area contributed by atoms with Crippen molar-refractivity contribution in [1.82, 2.24) is 4.31 Å². The van der Waals surface area contributed by atoms with Crippen molar-refractivity contribution in [2.24, 2.45) is 5.92 Å². The second-order valence-corrected chi connectivity index (χ2v) is 7.14. The van der Waals surface area contributed by atoms with Crippen molar-refractivity contribution in [3.63, 3.8) is 0 Å². The van der Waals surface area contributed by atoms with Gasteiger partial charge in [-0.15, -0.1) is 6.58 Å². The zero-order chi connectivity index (χ0) is 13.3. The van der Waals surface area contributed by atoms with E-state index in [2.05, 4.69) is 6.58 Å². The minimum Gasteiger partial charge on any atom is -0.481 e. The maximum absolute atomic E-state index is 12.1. The van der Waals surface area contributed by atoms with Gasteiger partial charge in [0.05, 0.1) is 5.75 Å². The predicted molar refractivity (Wildman–Crippen MR) is 67.6 cm³/mol. The Labute approximate surface area is 108 Å². The summed E-state index contributed by atoms with van der Waals surface area (Å²) in [4.78, 5) is 10.7. The minimum absolute atomic E-state index is 0.00181. The first-order valence-electron chi connectivity index (χ1n) is 6.28.